The first kappa shape index (κ1) is 10.4. The van der Waals surface area contributed by atoms with Gasteiger partial charge in [-0.15, -0.1) is 0 Å². The Bertz CT molecular complexity index is 413. The Balaban J connectivity index is 3.44. The molecular weight excluding hydrogens is 307 g/mol. The molecule has 0 saturated carbocycles. The number of nitriles is 1. The van der Waals surface area contributed by atoms with Crippen LogP contribution in [0.1, 0.15) is 15.9 Å². The molecule has 0 N–H and O–H groups in total. The second-order valence-electron chi connectivity index (χ2n) is 2.21. The van der Waals surface area contributed by atoms with Gasteiger partial charge in [0.2, 0.25) is 0 Å². The molecule has 0 aliphatic rings. The van der Waals surface area contributed by atoms with E-state index in [1.165, 1.54) is 6.07 Å². The highest BCUT2D eigenvalue weighted by Crippen LogP contribution is 2.20. The molecule has 0 aliphatic heterocycles. The van der Waals surface area contributed by atoms with Crippen molar-refractivity contribution in [1.29, 1.82) is 5.26 Å². The lowest BCUT2D eigenvalue weighted by atomic mass is 10.1. The van der Waals surface area contributed by atoms with E-state index in [1.807, 2.05) is 0 Å². The molecular formula is C8H2ClFINO. The van der Waals surface area contributed by atoms with Gasteiger partial charge in [0.05, 0.1) is 20.8 Å². The number of carbonyl (C=O) groups is 1. The van der Waals surface area contributed by atoms with Crippen molar-refractivity contribution >= 4 is 39.4 Å². The molecule has 5 heteroatoms. The highest BCUT2D eigenvalue weighted by molar-refractivity contribution is 14.1. The Hall–Kier alpha value is -0.670. The van der Waals surface area contributed by atoms with E-state index in [2.05, 4.69) is 0 Å². The summed E-state index contributed by atoms with van der Waals surface area (Å²) in [6, 6.07) is 4.06. The SMILES string of the molecule is N#Cc1cc(F)c(I)c(C(=O)Cl)c1. The predicted molar refractivity (Wildman–Crippen MR) is 54.0 cm³/mol. The summed E-state index contributed by atoms with van der Waals surface area (Å²) < 4.78 is 13.2. The molecule has 13 heavy (non-hydrogen) atoms. The zero-order chi connectivity index (χ0) is 10.0. The second kappa shape index (κ2) is 4.03. The lowest BCUT2D eigenvalue weighted by Gasteiger charge is -2.00. The van der Waals surface area contributed by atoms with Crippen LogP contribution in [0.3, 0.4) is 0 Å². The monoisotopic (exact) mass is 309 g/mol. The number of nitrogens with zero attached hydrogens (tertiary/aromatic N) is 1. The van der Waals surface area contributed by atoms with Crippen molar-refractivity contribution in [2.45, 2.75) is 0 Å². The average Bonchev–Trinajstić information content (AvgIpc) is 2.09. The zero-order valence-electron chi connectivity index (χ0n) is 6.14. The zero-order valence-corrected chi connectivity index (χ0v) is 9.06. The molecule has 1 aromatic carbocycles. The van der Waals surface area contributed by atoms with E-state index in [9.17, 15) is 9.18 Å². The molecule has 1 rings (SSSR count). The number of rotatable bonds is 1. The van der Waals surface area contributed by atoms with Gasteiger partial charge < -0.3 is 0 Å². The Morgan fingerprint density at radius 2 is 2.23 bits per heavy atom. The molecule has 66 valence electrons. The molecule has 0 saturated heterocycles. The van der Waals surface area contributed by atoms with Gasteiger partial charge in [-0.1, -0.05) is 0 Å². The third-order valence-electron chi connectivity index (χ3n) is 1.37. The maximum Gasteiger partial charge on any atom is 0.253 e. The van der Waals surface area contributed by atoms with Crippen LogP contribution >= 0.6 is 34.2 Å². The lowest BCUT2D eigenvalue weighted by molar-refractivity contribution is 0.108. The second-order valence-corrected chi connectivity index (χ2v) is 3.63. The van der Waals surface area contributed by atoms with Crippen LogP contribution in [0.15, 0.2) is 12.1 Å². The number of halogens is 3. The summed E-state index contributed by atoms with van der Waals surface area (Å²) in [5, 5.41) is 7.72. The normalized spacial score (nSPS) is 9.38. The number of carbonyl (C=O) groups excluding carboxylic acids is 1. The van der Waals surface area contributed by atoms with E-state index in [1.54, 1.807) is 28.7 Å². The molecule has 0 aliphatic carbocycles. The lowest BCUT2D eigenvalue weighted by Crippen LogP contribution is -1.97. The Morgan fingerprint density at radius 1 is 1.62 bits per heavy atom. The van der Waals surface area contributed by atoms with Crippen LogP contribution in [0.5, 0.6) is 0 Å². The highest BCUT2D eigenvalue weighted by Gasteiger charge is 2.12. The van der Waals surface area contributed by atoms with Crippen LogP contribution < -0.4 is 0 Å². The number of hydrogen-bond donors (Lipinski definition) is 0. The van der Waals surface area contributed by atoms with Crippen LogP contribution in [0.4, 0.5) is 4.39 Å². The van der Waals surface area contributed by atoms with Crippen LogP contribution in [-0.2, 0) is 0 Å². The molecule has 1 aromatic rings. The smallest absolute Gasteiger partial charge is 0.253 e. The molecule has 0 radical (unpaired) electrons. The van der Waals surface area contributed by atoms with Crippen LogP contribution in [0.25, 0.3) is 0 Å². The van der Waals surface area contributed by atoms with Gasteiger partial charge in [0.15, 0.2) is 0 Å². The van der Waals surface area contributed by atoms with Gasteiger partial charge in [-0.25, -0.2) is 4.39 Å². The van der Waals surface area contributed by atoms with Crippen molar-refractivity contribution in [2.75, 3.05) is 0 Å². The van der Waals surface area contributed by atoms with Crippen molar-refractivity contribution < 1.29 is 9.18 Å². The first-order chi connectivity index (χ1) is 6.06. The standard InChI is InChI=1S/C8H2ClFINO/c9-8(13)5-1-4(3-12)2-6(10)7(5)11/h1-2H. The van der Waals surface area contributed by atoms with E-state index in [0.29, 0.717) is 0 Å². The molecule has 0 amide bonds. The molecule has 0 aromatic heterocycles. The first-order valence-electron chi connectivity index (χ1n) is 3.15. The Morgan fingerprint density at radius 3 is 2.69 bits per heavy atom. The van der Waals surface area contributed by atoms with Gasteiger partial charge in [-0.2, -0.15) is 5.26 Å². The van der Waals surface area contributed by atoms with E-state index < -0.39 is 11.1 Å². The maximum absolute atomic E-state index is 13.0. The molecule has 2 nitrogen and oxygen atoms in total. The van der Waals surface area contributed by atoms with Gasteiger partial charge in [0.1, 0.15) is 5.82 Å². The van der Waals surface area contributed by atoms with Gasteiger partial charge in [-0.05, 0) is 46.3 Å². The van der Waals surface area contributed by atoms with Gasteiger partial charge >= 0.3 is 0 Å². The fourth-order valence-corrected chi connectivity index (χ4v) is 1.66. The minimum atomic E-state index is -0.764. The number of hydrogen-bond acceptors (Lipinski definition) is 2. The van der Waals surface area contributed by atoms with Crippen molar-refractivity contribution in [3.63, 3.8) is 0 Å². The Labute approximate surface area is 92.4 Å². The summed E-state index contributed by atoms with van der Waals surface area (Å²) in [4.78, 5) is 10.8. The summed E-state index contributed by atoms with van der Waals surface area (Å²) in [5.41, 5.74) is 0.112. The summed E-state index contributed by atoms with van der Waals surface area (Å²) in [6.07, 6.45) is 0. The van der Waals surface area contributed by atoms with E-state index >= 15 is 0 Å². The van der Waals surface area contributed by atoms with Crippen LogP contribution in [0.2, 0.25) is 0 Å². The van der Waals surface area contributed by atoms with Gasteiger partial charge in [0.25, 0.3) is 5.24 Å². The molecule has 0 heterocycles. The first-order valence-corrected chi connectivity index (χ1v) is 4.61. The fraction of sp³-hybridized carbons (Fsp3) is 0. The van der Waals surface area contributed by atoms with Crippen molar-refractivity contribution in [2.24, 2.45) is 0 Å². The fourth-order valence-electron chi connectivity index (χ4n) is 0.797. The summed E-state index contributed by atoms with van der Waals surface area (Å²) >= 11 is 6.85. The summed E-state index contributed by atoms with van der Waals surface area (Å²) in [6.45, 7) is 0. The van der Waals surface area contributed by atoms with E-state index in [0.717, 1.165) is 6.07 Å². The maximum atomic E-state index is 13.0. The predicted octanol–water partition coefficient (Wildman–Crippen LogP) is 2.68. The largest absolute Gasteiger partial charge is 0.276 e. The summed E-state index contributed by atoms with van der Waals surface area (Å²) in [5.74, 6) is -0.608. The molecule has 0 bridgehead atoms. The van der Waals surface area contributed by atoms with Gasteiger partial charge in [-0.3, -0.25) is 4.79 Å². The highest BCUT2D eigenvalue weighted by atomic mass is 127. The topological polar surface area (TPSA) is 40.9 Å². The molecule has 0 unspecified atom stereocenters. The van der Waals surface area contributed by atoms with Crippen LogP contribution in [0, 0.1) is 20.7 Å². The molecule has 0 fully saturated rings. The van der Waals surface area contributed by atoms with Crippen molar-refractivity contribution in [3.8, 4) is 6.07 Å². The summed E-state index contributed by atoms with van der Waals surface area (Å²) in [7, 11) is 0. The molecule has 0 atom stereocenters. The third-order valence-corrected chi connectivity index (χ3v) is 2.67. The molecule has 0 spiro atoms. The van der Waals surface area contributed by atoms with Gasteiger partial charge in [0, 0.05) is 0 Å². The Kier molecular flexibility index (Phi) is 3.22. The van der Waals surface area contributed by atoms with Crippen molar-refractivity contribution in [3.05, 3.63) is 32.6 Å². The van der Waals surface area contributed by atoms with Crippen LogP contribution in [-0.4, -0.2) is 5.24 Å². The van der Waals surface area contributed by atoms with E-state index in [4.69, 9.17) is 16.9 Å². The van der Waals surface area contributed by atoms with Crippen molar-refractivity contribution in [1.82, 2.24) is 0 Å². The average molecular weight is 309 g/mol. The minimum absolute atomic E-state index is 0.0267. The minimum Gasteiger partial charge on any atom is -0.276 e. The number of benzene rings is 1. The quantitative estimate of drug-likeness (QED) is 0.591. The van der Waals surface area contributed by atoms with E-state index in [-0.39, 0.29) is 14.7 Å². The third kappa shape index (κ3) is 2.17.